The molecule has 1 amide bonds. The standard InChI is InChI=1S/C26H30N4O3/c27-26(32)23-18-30(19-28-23)25(31)10-6-14-29-15-13-21-11-12-22(17-24(21)29)33-16-5-4-9-20-7-2-1-3-8-20/h1-3,7-8,11-13,15,17-19,25,31H,4-6,9-10,14,16H2,(H2,27,32)/t25-/m1/s1. The van der Waals surface area contributed by atoms with Crippen LogP contribution in [0.2, 0.25) is 0 Å². The summed E-state index contributed by atoms with van der Waals surface area (Å²) in [5.41, 5.74) is 7.85. The zero-order valence-corrected chi connectivity index (χ0v) is 18.6. The minimum absolute atomic E-state index is 0.151. The van der Waals surface area contributed by atoms with Gasteiger partial charge in [0.2, 0.25) is 0 Å². The Labute approximate surface area is 193 Å². The summed E-state index contributed by atoms with van der Waals surface area (Å²) in [6, 6.07) is 18.8. The maximum absolute atomic E-state index is 11.2. The van der Waals surface area contributed by atoms with E-state index in [0.29, 0.717) is 13.0 Å². The number of nitrogens with zero attached hydrogens (tertiary/aromatic N) is 3. The van der Waals surface area contributed by atoms with Crippen LogP contribution in [0, 0.1) is 0 Å². The van der Waals surface area contributed by atoms with Gasteiger partial charge in [0.25, 0.3) is 5.91 Å². The van der Waals surface area contributed by atoms with Gasteiger partial charge in [0, 0.05) is 25.0 Å². The van der Waals surface area contributed by atoms with E-state index >= 15 is 0 Å². The number of carbonyl (C=O) groups is 1. The van der Waals surface area contributed by atoms with Crippen LogP contribution in [0.5, 0.6) is 5.75 Å². The van der Waals surface area contributed by atoms with Crippen molar-refractivity contribution in [3.05, 3.63) is 84.6 Å². The van der Waals surface area contributed by atoms with Crippen LogP contribution < -0.4 is 10.5 Å². The van der Waals surface area contributed by atoms with Crippen molar-refractivity contribution in [2.45, 2.75) is 44.9 Å². The molecule has 3 N–H and O–H groups in total. The topological polar surface area (TPSA) is 95.3 Å². The molecule has 0 bridgehead atoms. The van der Waals surface area contributed by atoms with Crippen molar-refractivity contribution >= 4 is 16.8 Å². The highest BCUT2D eigenvalue weighted by Crippen LogP contribution is 2.23. The van der Waals surface area contributed by atoms with E-state index in [0.717, 1.165) is 48.9 Å². The van der Waals surface area contributed by atoms with Crippen LogP contribution in [0.4, 0.5) is 0 Å². The lowest BCUT2D eigenvalue weighted by atomic mass is 10.1. The second kappa shape index (κ2) is 10.8. The Morgan fingerprint density at radius 3 is 2.73 bits per heavy atom. The predicted molar refractivity (Wildman–Crippen MR) is 128 cm³/mol. The molecule has 33 heavy (non-hydrogen) atoms. The monoisotopic (exact) mass is 446 g/mol. The van der Waals surface area contributed by atoms with E-state index in [9.17, 15) is 9.90 Å². The van der Waals surface area contributed by atoms with Gasteiger partial charge in [-0.15, -0.1) is 0 Å². The van der Waals surface area contributed by atoms with Crippen molar-refractivity contribution in [2.24, 2.45) is 5.73 Å². The van der Waals surface area contributed by atoms with Crippen molar-refractivity contribution in [1.29, 1.82) is 0 Å². The Kier molecular flexibility index (Phi) is 7.42. The highest BCUT2D eigenvalue weighted by Gasteiger charge is 2.11. The lowest BCUT2D eigenvalue weighted by Gasteiger charge is -2.13. The van der Waals surface area contributed by atoms with Gasteiger partial charge in [-0.2, -0.15) is 0 Å². The Hall–Kier alpha value is -3.58. The average Bonchev–Trinajstić information content (AvgIpc) is 3.47. The second-order valence-corrected chi connectivity index (χ2v) is 8.21. The number of hydrogen-bond donors (Lipinski definition) is 2. The van der Waals surface area contributed by atoms with E-state index in [1.807, 2.05) is 12.1 Å². The third kappa shape index (κ3) is 6.02. The molecule has 172 valence electrons. The molecule has 2 aromatic heterocycles. The molecule has 0 aliphatic heterocycles. The quantitative estimate of drug-likeness (QED) is 0.317. The number of rotatable bonds is 12. The third-order valence-corrected chi connectivity index (χ3v) is 5.78. The summed E-state index contributed by atoms with van der Waals surface area (Å²) >= 11 is 0. The van der Waals surface area contributed by atoms with Crippen molar-refractivity contribution in [1.82, 2.24) is 14.1 Å². The van der Waals surface area contributed by atoms with Gasteiger partial charge in [-0.1, -0.05) is 30.3 Å². The number of imidazole rings is 1. The molecule has 0 radical (unpaired) electrons. The van der Waals surface area contributed by atoms with Gasteiger partial charge >= 0.3 is 0 Å². The van der Waals surface area contributed by atoms with E-state index in [-0.39, 0.29) is 5.69 Å². The molecule has 1 atom stereocenters. The van der Waals surface area contributed by atoms with Crippen LogP contribution >= 0.6 is 0 Å². The van der Waals surface area contributed by atoms with Crippen LogP contribution in [-0.2, 0) is 13.0 Å². The first-order valence-corrected chi connectivity index (χ1v) is 11.4. The number of aliphatic hydroxyl groups is 1. The molecule has 2 aromatic carbocycles. The van der Waals surface area contributed by atoms with E-state index in [2.05, 4.69) is 58.2 Å². The molecule has 4 rings (SSSR count). The fourth-order valence-corrected chi connectivity index (χ4v) is 3.93. The molecule has 0 unspecified atom stereocenters. The molecule has 0 fully saturated rings. The molecule has 0 spiro atoms. The maximum atomic E-state index is 11.2. The molecule has 4 aromatic rings. The highest BCUT2D eigenvalue weighted by molar-refractivity contribution is 5.90. The summed E-state index contributed by atoms with van der Waals surface area (Å²) < 4.78 is 9.68. The molecule has 0 saturated carbocycles. The van der Waals surface area contributed by atoms with Crippen molar-refractivity contribution in [3.63, 3.8) is 0 Å². The normalized spacial score (nSPS) is 12.2. The lowest BCUT2D eigenvalue weighted by Crippen LogP contribution is -2.12. The maximum Gasteiger partial charge on any atom is 0.268 e. The average molecular weight is 447 g/mol. The smallest absolute Gasteiger partial charge is 0.268 e. The van der Waals surface area contributed by atoms with Gasteiger partial charge in [0.05, 0.1) is 18.5 Å². The SMILES string of the molecule is NC(=O)c1cn([C@H](O)CCCn2ccc3ccc(OCCCCc4ccccc4)cc32)cn1. The minimum atomic E-state index is -0.748. The Morgan fingerprint density at radius 2 is 1.94 bits per heavy atom. The van der Waals surface area contributed by atoms with Gasteiger partial charge in [-0.25, -0.2) is 4.98 Å². The van der Waals surface area contributed by atoms with Gasteiger partial charge in [-0.05, 0) is 61.3 Å². The first-order chi connectivity index (χ1) is 16.1. The van der Waals surface area contributed by atoms with Crippen LogP contribution in [-0.4, -0.2) is 31.7 Å². The molecule has 0 saturated heterocycles. The zero-order valence-electron chi connectivity index (χ0n) is 18.6. The molecule has 7 heteroatoms. The molecular formula is C26H30N4O3. The summed E-state index contributed by atoms with van der Waals surface area (Å²) in [7, 11) is 0. The van der Waals surface area contributed by atoms with Gasteiger partial charge < -0.3 is 24.7 Å². The number of aromatic nitrogens is 3. The van der Waals surface area contributed by atoms with Gasteiger partial charge in [0.1, 0.15) is 17.7 Å². The number of carbonyl (C=O) groups excluding carboxylic acids is 1. The molecule has 7 nitrogen and oxygen atoms in total. The summed E-state index contributed by atoms with van der Waals surface area (Å²) in [6.45, 7) is 1.46. The third-order valence-electron chi connectivity index (χ3n) is 5.78. The van der Waals surface area contributed by atoms with Crippen LogP contribution in [0.1, 0.15) is 48.0 Å². The Morgan fingerprint density at radius 1 is 1.09 bits per heavy atom. The number of aliphatic hydroxyl groups excluding tert-OH is 1. The number of hydrogen-bond acceptors (Lipinski definition) is 4. The number of unbranched alkanes of at least 4 members (excludes halogenated alkanes) is 1. The fraction of sp³-hybridized carbons (Fsp3) is 0.308. The van der Waals surface area contributed by atoms with Crippen LogP contribution in [0.15, 0.2) is 73.3 Å². The molecule has 0 aliphatic carbocycles. The zero-order chi connectivity index (χ0) is 23.0. The number of nitrogens with two attached hydrogens (primary N) is 1. The van der Waals surface area contributed by atoms with Crippen molar-refractivity contribution in [3.8, 4) is 5.75 Å². The van der Waals surface area contributed by atoms with E-state index in [1.54, 1.807) is 0 Å². The van der Waals surface area contributed by atoms with Crippen LogP contribution in [0.25, 0.3) is 10.9 Å². The highest BCUT2D eigenvalue weighted by atomic mass is 16.5. The van der Waals surface area contributed by atoms with Gasteiger partial charge in [0.15, 0.2) is 0 Å². The molecule has 2 heterocycles. The first kappa shape index (κ1) is 22.6. The Bertz CT molecular complexity index is 1180. The van der Waals surface area contributed by atoms with Gasteiger partial charge in [-0.3, -0.25) is 4.79 Å². The summed E-state index contributed by atoms with van der Waals surface area (Å²) in [5, 5.41) is 11.5. The van der Waals surface area contributed by atoms with E-state index < -0.39 is 12.1 Å². The van der Waals surface area contributed by atoms with Crippen LogP contribution in [0.3, 0.4) is 0 Å². The van der Waals surface area contributed by atoms with Crippen molar-refractivity contribution < 1.29 is 14.6 Å². The minimum Gasteiger partial charge on any atom is -0.494 e. The number of amides is 1. The summed E-state index contributed by atoms with van der Waals surface area (Å²) in [4.78, 5) is 15.1. The Balaban J connectivity index is 1.26. The number of primary amides is 1. The number of benzene rings is 2. The lowest BCUT2D eigenvalue weighted by molar-refractivity contribution is 0.0905. The summed E-state index contributed by atoms with van der Waals surface area (Å²) in [6.07, 6.45) is 8.69. The summed E-state index contributed by atoms with van der Waals surface area (Å²) in [5.74, 6) is 0.272. The molecular weight excluding hydrogens is 416 g/mol. The first-order valence-electron chi connectivity index (χ1n) is 11.4. The second-order valence-electron chi connectivity index (χ2n) is 8.21. The predicted octanol–water partition coefficient (Wildman–Crippen LogP) is 4.31. The number of fused-ring (bicyclic) bond motifs is 1. The van der Waals surface area contributed by atoms with E-state index in [1.165, 1.54) is 22.7 Å². The largest absolute Gasteiger partial charge is 0.494 e. The van der Waals surface area contributed by atoms with E-state index in [4.69, 9.17) is 10.5 Å². The molecule has 0 aliphatic rings. The number of aryl methyl sites for hydroxylation is 2. The fourth-order valence-electron chi connectivity index (χ4n) is 3.93. The van der Waals surface area contributed by atoms with Crippen molar-refractivity contribution in [2.75, 3.05) is 6.61 Å². The number of ether oxygens (including phenoxy) is 1.